The highest BCUT2D eigenvalue weighted by molar-refractivity contribution is 7.09. The van der Waals surface area contributed by atoms with E-state index in [0.717, 1.165) is 32.5 Å². The lowest BCUT2D eigenvalue weighted by Gasteiger charge is -2.24. The Morgan fingerprint density at radius 3 is 2.81 bits per heavy atom. The lowest BCUT2D eigenvalue weighted by molar-refractivity contribution is -0.117. The van der Waals surface area contributed by atoms with Gasteiger partial charge in [-0.25, -0.2) is 0 Å². The molecule has 1 aromatic carbocycles. The number of carbonyl (C=O) groups is 1. The van der Waals surface area contributed by atoms with E-state index in [4.69, 9.17) is 14.2 Å². The van der Waals surface area contributed by atoms with Crippen molar-refractivity contribution in [1.29, 1.82) is 0 Å². The zero-order valence-electron chi connectivity index (χ0n) is 15.8. The molecule has 1 N–H and O–H groups in total. The number of hydrogen-bond donors (Lipinski definition) is 1. The minimum Gasteiger partial charge on any atom is -0.493 e. The summed E-state index contributed by atoms with van der Waals surface area (Å²) in [5, 5.41) is 5.01. The number of rotatable bonds is 9. The number of hydrogen-bond acceptors (Lipinski definition) is 6. The first kappa shape index (κ1) is 19.7. The van der Waals surface area contributed by atoms with Crippen molar-refractivity contribution in [2.75, 3.05) is 39.2 Å². The Bertz CT molecular complexity index is 730. The Morgan fingerprint density at radius 1 is 1.30 bits per heavy atom. The van der Waals surface area contributed by atoms with E-state index in [2.05, 4.69) is 21.7 Å². The van der Waals surface area contributed by atoms with Crippen molar-refractivity contribution >= 4 is 22.9 Å². The van der Waals surface area contributed by atoms with E-state index < -0.39 is 0 Å². The highest BCUT2D eigenvalue weighted by Crippen LogP contribution is 2.29. The van der Waals surface area contributed by atoms with Crippen molar-refractivity contribution in [3.63, 3.8) is 0 Å². The number of amides is 1. The average molecular weight is 391 g/mol. The van der Waals surface area contributed by atoms with E-state index >= 15 is 0 Å². The second kappa shape index (κ2) is 9.73. The highest BCUT2D eigenvalue weighted by Gasteiger charge is 2.21. The molecule has 1 atom stereocenters. The molecule has 2 aromatic rings. The molecule has 1 amide bonds. The number of benzene rings is 1. The van der Waals surface area contributed by atoms with Gasteiger partial charge in [0.1, 0.15) is 0 Å². The van der Waals surface area contributed by atoms with Gasteiger partial charge in [0, 0.05) is 36.3 Å². The molecule has 1 aliphatic heterocycles. The van der Waals surface area contributed by atoms with E-state index in [1.807, 2.05) is 12.1 Å². The van der Waals surface area contributed by atoms with Gasteiger partial charge in [-0.05, 0) is 36.4 Å². The zero-order chi connectivity index (χ0) is 19.1. The van der Waals surface area contributed by atoms with Crippen LogP contribution >= 0.6 is 11.3 Å². The smallest absolute Gasteiger partial charge is 0.238 e. The minimum absolute atomic E-state index is 0.0585. The summed E-state index contributed by atoms with van der Waals surface area (Å²) in [7, 11) is 3.16. The van der Waals surface area contributed by atoms with E-state index in [1.165, 1.54) is 4.88 Å². The number of carbonyl (C=O) groups excluding carboxylic acids is 1. The first-order valence-corrected chi connectivity index (χ1v) is 9.94. The van der Waals surface area contributed by atoms with Crippen LogP contribution < -0.4 is 14.8 Å². The molecule has 0 aliphatic carbocycles. The van der Waals surface area contributed by atoms with Crippen LogP contribution in [0.1, 0.15) is 17.7 Å². The summed E-state index contributed by atoms with van der Waals surface area (Å²) in [5.74, 6) is 1.16. The second-order valence-corrected chi connectivity index (χ2v) is 7.53. The fraction of sp³-hybridized carbons (Fsp3) is 0.450. The first-order chi connectivity index (χ1) is 13.2. The van der Waals surface area contributed by atoms with E-state index in [-0.39, 0.29) is 12.0 Å². The van der Waals surface area contributed by atoms with E-state index in [0.29, 0.717) is 23.7 Å². The summed E-state index contributed by atoms with van der Waals surface area (Å²) in [6.07, 6.45) is 2.35. The fourth-order valence-corrected chi connectivity index (χ4v) is 3.95. The predicted octanol–water partition coefficient (Wildman–Crippen LogP) is 3.39. The number of methoxy groups -OCH3 is 2. The zero-order valence-corrected chi connectivity index (χ0v) is 16.6. The molecule has 2 heterocycles. The van der Waals surface area contributed by atoms with Crippen LogP contribution in [0.25, 0.3) is 0 Å². The molecule has 27 heavy (non-hydrogen) atoms. The molecule has 0 radical (unpaired) electrons. The Labute approximate surface area is 164 Å². The number of thiophene rings is 1. The molecule has 3 rings (SSSR count). The molecular weight excluding hydrogens is 364 g/mol. The number of ether oxygens (including phenoxy) is 3. The topological polar surface area (TPSA) is 60.0 Å². The third kappa shape index (κ3) is 5.69. The van der Waals surface area contributed by atoms with E-state index in [1.54, 1.807) is 37.7 Å². The highest BCUT2D eigenvalue weighted by atomic mass is 32.1. The molecule has 1 aromatic heterocycles. The van der Waals surface area contributed by atoms with Crippen LogP contribution in [0.3, 0.4) is 0 Å². The molecule has 0 saturated carbocycles. The Morgan fingerprint density at radius 2 is 2.15 bits per heavy atom. The van der Waals surface area contributed by atoms with Crippen LogP contribution in [0.4, 0.5) is 5.69 Å². The van der Waals surface area contributed by atoms with Crippen LogP contribution in [0.2, 0.25) is 0 Å². The van der Waals surface area contributed by atoms with Gasteiger partial charge in [-0.15, -0.1) is 11.3 Å². The molecule has 6 nitrogen and oxygen atoms in total. The largest absolute Gasteiger partial charge is 0.493 e. The molecule has 0 bridgehead atoms. The summed E-state index contributed by atoms with van der Waals surface area (Å²) in [5.41, 5.74) is 0.686. The number of anilines is 1. The van der Waals surface area contributed by atoms with Crippen molar-refractivity contribution in [1.82, 2.24) is 4.90 Å². The SMILES string of the molecule is COc1ccc(NC(=O)CN(Cc2cccs2)C[C@H]2CCCO2)cc1OC. The second-order valence-electron chi connectivity index (χ2n) is 6.50. The van der Waals surface area contributed by atoms with Crippen molar-refractivity contribution < 1.29 is 19.0 Å². The quantitative estimate of drug-likeness (QED) is 0.711. The summed E-state index contributed by atoms with van der Waals surface area (Å²) in [6, 6.07) is 9.49. The van der Waals surface area contributed by atoms with Gasteiger partial charge < -0.3 is 19.5 Å². The maximum Gasteiger partial charge on any atom is 0.238 e. The third-order valence-electron chi connectivity index (χ3n) is 4.48. The summed E-state index contributed by atoms with van der Waals surface area (Å²) in [6.45, 7) is 2.63. The molecule has 1 aliphatic rings. The van der Waals surface area contributed by atoms with Crippen LogP contribution in [-0.2, 0) is 16.1 Å². The monoisotopic (exact) mass is 390 g/mol. The van der Waals surface area contributed by atoms with Crippen LogP contribution in [-0.4, -0.2) is 50.8 Å². The van der Waals surface area contributed by atoms with Gasteiger partial charge in [-0.2, -0.15) is 0 Å². The Hall–Kier alpha value is -2.09. The van der Waals surface area contributed by atoms with Crippen LogP contribution in [0.15, 0.2) is 35.7 Å². The molecule has 7 heteroatoms. The normalized spacial score (nSPS) is 16.5. The molecule has 0 spiro atoms. The van der Waals surface area contributed by atoms with Gasteiger partial charge in [0.2, 0.25) is 5.91 Å². The van der Waals surface area contributed by atoms with Gasteiger partial charge in [0.15, 0.2) is 11.5 Å². The fourth-order valence-electron chi connectivity index (χ4n) is 3.20. The van der Waals surface area contributed by atoms with Gasteiger partial charge >= 0.3 is 0 Å². The molecule has 1 fully saturated rings. The third-order valence-corrected chi connectivity index (χ3v) is 5.34. The molecule has 0 unspecified atom stereocenters. The summed E-state index contributed by atoms with van der Waals surface area (Å²) >= 11 is 1.70. The maximum absolute atomic E-state index is 12.6. The minimum atomic E-state index is -0.0585. The maximum atomic E-state index is 12.6. The van der Waals surface area contributed by atoms with Crippen molar-refractivity contribution in [2.24, 2.45) is 0 Å². The Kier molecular flexibility index (Phi) is 7.09. The lowest BCUT2D eigenvalue weighted by atomic mass is 10.2. The van der Waals surface area contributed by atoms with E-state index in [9.17, 15) is 4.79 Å². The predicted molar refractivity (Wildman–Crippen MR) is 107 cm³/mol. The standard InChI is InChI=1S/C20H26N2O4S/c1-24-18-8-7-15(11-19(18)25-2)21-20(23)14-22(12-16-5-3-9-26-16)13-17-6-4-10-27-17/h4,6-8,10-11,16H,3,5,9,12-14H2,1-2H3,(H,21,23)/t16-/m1/s1. The summed E-state index contributed by atoms with van der Waals surface area (Å²) in [4.78, 5) is 16.0. The number of nitrogens with zero attached hydrogens (tertiary/aromatic N) is 1. The number of nitrogens with one attached hydrogen (secondary N) is 1. The van der Waals surface area contributed by atoms with Crippen molar-refractivity contribution in [3.05, 3.63) is 40.6 Å². The van der Waals surface area contributed by atoms with Crippen molar-refractivity contribution in [2.45, 2.75) is 25.5 Å². The van der Waals surface area contributed by atoms with Gasteiger partial charge in [0.25, 0.3) is 0 Å². The first-order valence-electron chi connectivity index (χ1n) is 9.06. The van der Waals surface area contributed by atoms with Gasteiger partial charge in [-0.1, -0.05) is 6.07 Å². The molecule has 146 valence electrons. The molecule has 1 saturated heterocycles. The van der Waals surface area contributed by atoms with Crippen LogP contribution in [0.5, 0.6) is 11.5 Å². The van der Waals surface area contributed by atoms with Gasteiger partial charge in [-0.3, -0.25) is 9.69 Å². The Balaban J connectivity index is 1.62. The average Bonchev–Trinajstić information content (AvgIpc) is 3.35. The van der Waals surface area contributed by atoms with Gasteiger partial charge in [0.05, 0.1) is 26.9 Å². The van der Waals surface area contributed by atoms with Crippen molar-refractivity contribution in [3.8, 4) is 11.5 Å². The summed E-state index contributed by atoms with van der Waals surface area (Å²) < 4.78 is 16.3. The lowest BCUT2D eigenvalue weighted by Crippen LogP contribution is -2.37. The molecular formula is C20H26N2O4S. The van der Waals surface area contributed by atoms with Crippen LogP contribution in [0, 0.1) is 0 Å².